The van der Waals surface area contributed by atoms with Gasteiger partial charge in [0.25, 0.3) is 0 Å². The number of benzene rings is 1. The summed E-state index contributed by atoms with van der Waals surface area (Å²) in [7, 11) is 0. The molecular weight excluding hydrogens is 310 g/mol. The molecule has 5 rings (SSSR count). The van der Waals surface area contributed by atoms with E-state index in [9.17, 15) is 0 Å². The number of nitrogens with one attached hydrogen (secondary N) is 1. The van der Waals surface area contributed by atoms with Crippen LogP contribution in [0.1, 0.15) is 24.4 Å². The van der Waals surface area contributed by atoms with Crippen molar-refractivity contribution in [2.75, 3.05) is 5.32 Å². The van der Waals surface area contributed by atoms with E-state index in [1.54, 1.807) is 6.33 Å². The van der Waals surface area contributed by atoms with Crippen LogP contribution < -0.4 is 5.32 Å². The van der Waals surface area contributed by atoms with E-state index < -0.39 is 0 Å². The van der Waals surface area contributed by atoms with Crippen molar-refractivity contribution in [1.29, 1.82) is 0 Å². The van der Waals surface area contributed by atoms with Crippen LogP contribution >= 0.6 is 11.7 Å². The van der Waals surface area contributed by atoms with Gasteiger partial charge in [0, 0.05) is 18.2 Å². The van der Waals surface area contributed by atoms with Crippen LogP contribution in [0.4, 0.5) is 5.82 Å². The molecule has 0 bridgehead atoms. The molecule has 3 aromatic heterocycles. The van der Waals surface area contributed by atoms with Crippen molar-refractivity contribution in [2.45, 2.75) is 25.4 Å². The second-order valence-electron chi connectivity index (χ2n) is 5.68. The fraction of sp³-hybridized carbons (Fsp3) is 0.267. The van der Waals surface area contributed by atoms with E-state index in [1.165, 1.54) is 24.6 Å². The van der Waals surface area contributed by atoms with Crippen LogP contribution in [0.15, 0.2) is 30.9 Å². The van der Waals surface area contributed by atoms with Crippen molar-refractivity contribution in [3.63, 3.8) is 0 Å². The minimum absolute atomic E-state index is 0.553. The van der Waals surface area contributed by atoms with Gasteiger partial charge in [0.2, 0.25) is 0 Å². The molecule has 1 fully saturated rings. The highest BCUT2D eigenvalue weighted by molar-refractivity contribution is 7.00. The van der Waals surface area contributed by atoms with Gasteiger partial charge in [0.05, 0.1) is 18.1 Å². The van der Waals surface area contributed by atoms with Gasteiger partial charge in [-0.05, 0) is 18.9 Å². The molecule has 23 heavy (non-hydrogen) atoms. The summed E-state index contributed by atoms with van der Waals surface area (Å²) in [5.41, 5.74) is 4.70. The third kappa shape index (κ3) is 2.14. The first-order valence-electron chi connectivity index (χ1n) is 7.52. The van der Waals surface area contributed by atoms with E-state index >= 15 is 0 Å². The van der Waals surface area contributed by atoms with Crippen LogP contribution in [-0.2, 0) is 6.54 Å². The standard InChI is InChI=1S/C15H13N7S/c1-2-9(12-11(3-1)20-23-21-12)6-16-14-13-15(18-7-17-14)22(8-19-13)10-4-5-10/h1-3,7-8,10H,4-6H2,(H,16,17,18). The van der Waals surface area contributed by atoms with Gasteiger partial charge in [-0.15, -0.1) is 0 Å². The lowest BCUT2D eigenvalue weighted by Crippen LogP contribution is -2.03. The average Bonchev–Trinajstić information content (AvgIpc) is 3.14. The highest BCUT2D eigenvalue weighted by Crippen LogP contribution is 2.37. The molecule has 1 N–H and O–H groups in total. The maximum atomic E-state index is 4.49. The fourth-order valence-electron chi connectivity index (χ4n) is 2.78. The summed E-state index contributed by atoms with van der Waals surface area (Å²) in [6, 6.07) is 6.58. The van der Waals surface area contributed by atoms with Gasteiger partial charge in [-0.3, -0.25) is 0 Å². The molecule has 7 nitrogen and oxygen atoms in total. The average molecular weight is 323 g/mol. The Morgan fingerprint density at radius 1 is 1.13 bits per heavy atom. The molecule has 1 aromatic carbocycles. The van der Waals surface area contributed by atoms with Crippen LogP contribution in [0.2, 0.25) is 0 Å². The Balaban J connectivity index is 1.48. The molecule has 0 unspecified atom stereocenters. The summed E-state index contributed by atoms with van der Waals surface area (Å²) in [6.45, 7) is 0.630. The van der Waals surface area contributed by atoms with Gasteiger partial charge < -0.3 is 9.88 Å². The topological polar surface area (TPSA) is 81.4 Å². The van der Waals surface area contributed by atoms with Gasteiger partial charge in [0.15, 0.2) is 11.5 Å². The van der Waals surface area contributed by atoms with Crippen molar-refractivity contribution >= 4 is 39.7 Å². The van der Waals surface area contributed by atoms with E-state index in [2.05, 4.69) is 39.6 Å². The Morgan fingerprint density at radius 2 is 2.09 bits per heavy atom. The van der Waals surface area contributed by atoms with E-state index in [-0.39, 0.29) is 0 Å². The SMILES string of the molecule is c1cc(CNc2ncnc3c2ncn3C2CC2)c2nsnc2c1. The van der Waals surface area contributed by atoms with Crippen LogP contribution in [0.5, 0.6) is 0 Å². The predicted molar refractivity (Wildman–Crippen MR) is 88.3 cm³/mol. The minimum atomic E-state index is 0.553. The third-order valence-electron chi connectivity index (χ3n) is 4.11. The van der Waals surface area contributed by atoms with Crippen LogP contribution in [0, 0.1) is 0 Å². The van der Waals surface area contributed by atoms with Crippen molar-refractivity contribution < 1.29 is 0 Å². The lowest BCUT2D eigenvalue weighted by Gasteiger charge is -2.07. The van der Waals surface area contributed by atoms with Crippen molar-refractivity contribution in [1.82, 2.24) is 28.3 Å². The molecule has 0 aliphatic heterocycles. The van der Waals surface area contributed by atoms with E-state index in [1.807, 2.05) is 18.5 Å². The molecule has 8 heteroatoms. The first kappa shape index (κ1) is 12.9. The van der Waals surface area contributed by atoms with Gasteiger partial charge in [-0.1, -0.05) is 12.1 Å². The number of anilines is 1. The monoisotopic (exact) mass is 323 g/mol. The fourth-order valence-corrected chi connectivity index (χ4v) is 3.35. The Morgan fingerprint density at radius 3 is 3.00 bits per heavy atom. The number of hydrogen-bond acceptors (Lipinski definition) is 7. The lowest BCUT2D eigenvalue weighted by molar-refractivity contribution is 0.756. The molecule has 3 heterocycles. The number of rotatable bonds is 4. The zero-order valence-electron chi connectivity index (χ0n) is 12.2. The number of aromatic nitrogens is 6. The molecule has 4 aromatic rings. The number of hydrogen-bond donors (Lipinski definition) is 1. The zero-order valence-corrected chi connectivity index (χ0v) is 13.0. The molecule has 1 aliphatic carbocycles. The quantitative estimate of drug-likeness (QED) is 0.622. The Kier molecular flexibility index (Phi) is 2.77. The Labute approximate surface area is 135 Å². The van der Waals surface area contributed by atoms with Crippen LogP contribution in [0.3, 0.4) is 0 Å². The second-order valence-corrected chi connectivity index (χ2v) is 6.21. The molecule has 1 saturated carbocycles. The predicted octanol–water partition coefficient (Wildman–Crippen LogP) is 2.78. The summed E-state index contributed by atoms with van der Waals surface area (Å²) in [5.74, 6) is 0.759. The van der Waals surface area contributed by atoms with Crippen LogP contribution in [0.25, 0.3) is 22.2 Å². The van der Waals surface area contributed by atoms with E-state index in [0.29, 0.717) is 12.6 Å². The molecular formula is C15H13N7S. The first-order valence-corrected chi connectivity index (χ1v) is 8.25. The van der Waals surface area contributed by atoms with E-state index in [4.69, 9.17) is 0 Å². The highest BCUT2D eigenvalue weighted by atomic mass is 32.1. The Hall–Kier alpha value is -2.61. The number of nitrogens with zero attached hydrogens (tertiary/aromatic N) is 6. The van der Waals surface area contributed by atoms with Gasteiger partial charge in [0.1, 0.15) is 22.9 Å². The second kappa shape index (κ2) is 4.95. The molecule has 0 spiro atoms. The molecule has 0 atom stereocenters. The first-order chi connectivity index (χ1) is 11.4. The summed E-state index contributed by atoms with van der Waals surface area (Å²) < 4.78 is 10.8. The minimum Gasteiger partial charge on any atom is -0.364 e. The van der Waals surface area contributed by atoms with Crippen molar-refractivity contribution in [2.24, 2.45) is 0 Å². The van der Waals surface area contributed by atoms with Gasteiger partial charge >= 0.3 is 0 Å². The molecule has 0 saturated heterocycles. The summed E-state index contributed by atoms with van der Waals surface area (Å²) in [6.07, 6.45) is 5.87. The van der Waals surface area contributed by atoms with Crippen molar-refractivity contribution in [3.05, 3.63) is 36.4 Å². The summed E-state index contributed by atoms with van der Waals surface area (Å²) >= 11 is 1.24. The van der Waals surface area contributed by atoms with Crippen molar-refractivity contribution in [3.8, 4) is 0 Å². The van der Waals surface area contributed by atoms with Gasteiger partial charge in [-0.25, -0.2) is 15.0 Å². The molecule has 1 aliphatic rings. The highest BCUT2D eigenvalue weighted by Gasteiger charge is 2.26. The summed E-state index contributed by atoms with van der Waals surface area (Å²) in [5, 5.41) is 3.37. The largest absolute Gasteiger partial charge is 0.364 e. The number of imidazole rings is 1. The lowest BCUT2D eigenvalue weighted by atomic mass is 10.2. The van der Waals surface area contributed by atoms with E-state index in [0.717, 1.165) is 33.6 Å². The maximum Gasteiger partial charge on any atom is 0.165 e. The zero-order chi connectivity index (χ0) is 15.2. The molecule has 0 radical (unpaired) electrons. The van der Waals surface area contributed by atoms with Gasteiger partial charge in [-0.2, -0.15) is 8.75 Å². The summed E-state index contributed by atoms with van der Waals surface area (Å²) in [4.78, 5) is 13.2. The smallest absolute Gasteiger partial charge is 0.165 e. The third-order valence-corrected chi connectivity index (χ3v) is 4.66. The molecule has 114 valence electrons. The normalized spacial score (nSPS) is 14.6. The molecule has 0 amide bonds. The number of fused-ring (bicyclic) bond motifs is 2. The Bertz CT molecular complexity index is 1000. The maximum absolute atomic E-state index is 4.49. The van der Waals surface area contributed by atoms with Crippen LogP contribution in [-0.4, -0.2) is 28.3 Å².